The molecule has 1 unspecified atom stereocenters. The quantitative estimate of drug-likeness (QED) is 0.718. The number of nitrogens with zero attached hydrogens (tertiary/aromatic N) is 2. The Morgan fingerprint density at radius 1 is 1.09 bits per heavy atom. The lowest BCUT2D eigenvalue weighted by atomic mass is 9.89. The molecule has 0 N–H and O–H groups in total. The Bertz CT molecular complexity index is 563. The summed E-state index contributed by atoms with van der Waals surface area (Å²) in [7, 11) is -1.44. The van der Waals surface area contributed by atoms with Crippen LogP contribution < -0.4 is 0 Å². The molecule has 2 fully saturated rings. The second kappa shape index (κ2) is 6.79. The van der Waals surface area contributed by atoms with E-state index in [1.54, 1.807) is 25.8 Å². The monoisotopic (exact) mass is 344 g/mol. The number of carbonyl (C=O) groups is 2. The molecule has 6 nitrogen and oxygen atoms in total. The van der Waals surface area contributed by atoms with Gasteiger partial charge in [0.25, 0.3) is 0 Å². The summed E-state index contributed by atoms with van der Waals surface area (Å²) in [6.07, 6.45) is 4.66. The van der Waals surface area contributed by atoms with Gasteiger partial charge in [-0.1, -0.05) is 12.8 Å². The molecule has 2 heterocycles. The fourth-order valence-electron chi connectivity index (χ4n) is 3.45. The molecular weight excluding hydrogens is 316 g/mol. The van der Waals surface area contributed by atoms with Crippen LogP contribution in [0.2, 0.25) is 0 Å². The van der Waals surface area contributed by atoms with Crippen LogP contribution in [0.4, 0.5) is 0 Å². The minimum absolute atomic E-state index is 0.00320. The standard InChI is InChI=1S/C16H28N2O4S/c1-16(2,15(20)18-9-6-4-5-7-10-18)14(19)17(3)13-8-11-23(21,22)12-13/h13H,4-12H2,1-3H3. The third kappa shape index (κ3) is 4.05. The van der Waals surface area contributed by atoms with E-state index in [9.17, 15) is 18.0 Å². The molecule has 1 atom stereocenters. The van der Waals surface area contributed by atoms with Crippen molar-refractivity contribution in [3.05, 3.63) is 0 Å². The first kappa shape index (κ1) is 18.2. The van der Waals surface area contributed by atoms with Crippen molar-refractivity contribution in [3.8, 4) is 0 Å². The SMILES string of the molecule is CN(C(=O)C(C)(C)C(=O)N1CCCCCC1)C1CCS(=O)(=O)C1. The van der Waals surface area contributed by atoms with Crippen LogP contribution in [0.1, 0.15) is 46.0 Å². The van der Waals surface area contributed by atoms with Gasteiger partial charge in [0.1, 0.15) is 5.41 Å². The summed E-state index contributed by atoms with van der Waals surface area (Å²) in [5, 5.41) is 0. The number of hydrogen-bond acceptors (Lipinski definition) is 4. The topological polar surface area (TPSA) is 74.8 Å². The lowest BCUT2D eigenvalue weighted by molar-refractivity contribution is -0.154. The molecule has 2 aliphatic rings. The summed E-state index contributed by atoms with van der Waals surface area (Å²) < 4.78 is 23.2. The Morgan fingerprint density at radius 3 is 2.13 bits per heavy atom. The number of hydrogen-bond donors (Lipinski definition) is 0. The van der Waals surface area contributed by atoms with Crippen molar-refractivity contribution in [2.45, 2.75) is 52.0 Å². The highest BCUT2D eigenvalue weighted by atomic mass is 32.2. The normalized spacial score (nSPS) is 25.0. The van der Waals surface area contributed by atoms with Crippen molar-refractivity contribution in [2.24, 2.45) is 5.41 Å². The van der Waals surface area contributed by atoms with E-state index in [1.807, 2.05) is 0 Å². The van der Waals surface area contributed by atoms with Gasteiger partial charge in [-0.05, 0) is 33.1 Å². The van der Waals surface area contributed by atoms with Gasteiger partial charge in [0, 0.05) is 26.2 Å². The average Bonchev–Trinajstić information content (AvgIpc) is 2.70. The van der Waals surface area contributed by atoms with E-state index in [2.05, 4.69) is 0 Å². The Labute approximate surface area is 139 Å². The highest BCUT2D eigenvalue weighted by Crippen LogP contribution is 2.27. The maximum Gasteiger partial charge on any atom is 0.237 e. The van der Waals surface area contributed by atoms with Crippen molar-refractivity contribution in [3.63, 3.8) is 0 Å². The van der Waals surface area contributed by atoms with Crippen LogP contribution in [-0.2, 0) is 19.4 Å². The summed E-state index contributed by atoms with van der Waals surface area (Å²) >= 11 is 0. The van der Waals surface area contributed by atoms with Crippen molar-refractivity contribution in [1.29, 1.82) is 0 Å². The maximum absolute atomic E-state index is 12.8. The lowest BCUT2D eigenvalue weighted by Crippen LogP contribution is -2.52. The van der Waals surface area contributed by atoms with Crippen molar-refractivity contribution >= 4 is 21.7 Å². The predicted molar refractivity (Wildman–Crippen MR) is 88.7 cm³/mol. The van der Waals surface area contributed by atoms with E-state index in [4.69, 9.17) is 0 Å². The molecular formula is C16H28N2O4S. The predicted octanol–water partition coefficient (Wildman–Crippen LogP) is 1.06. The second-order valence-electron chi connectivity index (χ2n) is 7.30. The van der Waals surface area contributed by atoms with Gasteiger partial charge in [-0.3, -0.25) is 9.59 Å². The van der Waals surface area contributed by atoms with Crippen LogP contribution in [0.5, 0.6) is 0 Å². The van der Waals surface area contributed by atoms with Crippen molar-refractivity contribution < 1.29 is 18.0 Å². The first-order chi connectivity index (χ1) is 10.6. The molecule has 2 rings (SSSR count). The van der Waals surface area contributed by atoms with E-state index < -0.39 is 15.3 Å². The van der Waals surface area contributed by atoms with Crippen LogP contribution in [0.15, 0.2) is 0 Å². The molecule has 0 aromatic rings. The van der Waals surface area contributed by atoms with Gasteiger partial charge in [-0.15, -0.1) is 0 Å². The molecule has 132 valence electrons. The maximum atomic E-state index is 12.8. The molecule has 0 aromatic heterocycles. The molecule has 7 heteroatoms. The molecule has 0 saturated carbocycles. The second-order valence-corrected chi connectivity index (χ2v) is 9.53. The van der Waals surface area contributed by atoms with Gasteiger partial charge >= 0.3 is 0 Å². The first-order valence-electron chi connectivity index (χ1n) is 8.42. The van der Waals surface area contributed by atoms with Crippen LogP contribution >= 0.6 is 0 Å². The Balaban J connectivity index is 2.07. The number of rotatable bonds is 3. The van der Waals surface area contributed by atoms with Gasteiger partial charge in [0.05, 0.1) is 11.5 Å². The molecule has 0 bridgehead atoms. The van der Waals surface area contributed by atoms with Gasteiger partial charge < -0.3 is 9.80 Å². The van der Waals surface area contributed by atoms with Gasteiger partial charge in [0.15, 0.2) is 9.84 Å². The highest BCUT2D eigenvalue weighted by molar-refractivity contribution is 7.91. The molecule has 23 heavy (non-hydrogen) atoms. The van der Waals surface area contributed by atoms with Crippen molar-refractivity contribution in [1.82, 2.24) is 9.80 Å². The van der Waals surface area contributed by atoms with E-state index >= 15 is 0 Å². The molecule has 2 aliphatic heterocycles. The summed E-state index contributed by atoms with van der Waals surface area (Å²) in [6, 6.07) is -0.316. The largest absolute Gasteiger partial charge is 0.342 e. The smallest absolute Gasteiger partial charge is 0.237 e. The Morgan fingerprint density at radius 2 is 1.65 bits per heavy atom. The van der Waals surface area contributed by atoms with Crippen molar-refractivity contribution in [2.75, 3.05) is 31.6 Å². The van der Waals surface area contributed by atoms with E-state index in [1.165, 1.54) is 4.90 Å². The molecule has 0 spiro atoms. The lowest BCUT2D eigenvalue weighted by Gasteiger charge is -2.35. The average molecular weight is 344 g/mol. The van der Waals surface area contributed by atoms with Crippen LogP contribution in [-0.4, -0.2) is 67.7 Å². The minimum Gasteiger partial charge on any atom is -0.342 e. The summed E-state index contributed by atoms with van der Waals surface area (Å²) in [4.78, 5) is 28.9. The Kier molecular flexibility index (Phi) is 5.38. The first-order valence-corrected chi connectivity index (χ1v) is 10.2. The zero-order valence-electron chi connectivity index (χ0n) is 14.4. The van der Waals surface area contributed by atoms with Gasteiger partial charge in [0.2, 0.25) is 11.8 Å². The van der Waals surface area contributed by atoms with Gasteiger partial charge in [-0.2, -0.15) is 0 Å². The number of sulfone groups is 1. The summed E-state index contributed by atoms with van der Waals surface area (Å²) in [5.74, 6) is -0.301. The van der Waals surface area contributed by atoms with Gasteiger partial charge in [-0.25, -0.2) is 8.42 Å². The van der Waals surface area contributed by atoms with Crippen LogP contribution in [0.3, 0.4) is 0 Å². The molecule has 0 aliphatic carbocycles. The fraction of sp³-hybridized carbons (Fsp3) is 0.875. The summed E-state index contributed by atoms with van der Waals surface area (Å²) in [5.41, 5.74) is -1.15. The number of carbonyl (C=O) groups excluding carboxylic acids is 2. The molecule has 2 saturated heterocycles. The molecule has 0 radical (unpaired) electrons. The van der Waals surface area contributed by atoms with E-state index in [0.717, 1.165) is 25.7 Å². The number of amides is 2. The zero-order valence-corrected chi connectivity index (χ0v) is 15.2. The van der Waals surface area contributed by atoms with Crippen LogP contribution in [0.25, 0.3) is 0 Å². The third-order valence-corrected chi connectivity index (χ3v) is 6.79. The van der Waals surface area contributed by atoms with Crippen LogP contribution in [0, 0.1) is 5.41 Å². The van der Waals surface area contributed by atoms with E-state index in [0.29, 0.717) is 19.5 Å². The summed E-state index contributed by atoms with van der Waals surface area (Å²) in [6.45, 7) is 4.72. The fourth-order valence-corrected chi connectivity index (χ4v) is 5.22. The minimum atomic E-state index is -3.05. The van der Waals surface area contributed by atoms with E-state index in [-0.39, 0.29) is 29.4 Å². The third-order valence-electron chi connectivity index (χ3n) is 5.04. The zero-order chi connectivity index (χ0) is 17.3. The molecule has 2 amide bonds. The molecule has 0 aromatic carbocycles. The highest BCUT2D eigenvalue weighted by Gasteiger charge is 2.44. The Hall–Kier alpha value is -1.11. The number of likely N-dealkylation sites (tertiary alicyclic amines) is 1.